The fourth-order valence-corrected chi connectivity index (χ4v) is 1.77. The molecule has 0 aromatic heterocycles. The number of benzene rings is 1. The van der Waals surface area contributed by atoms with E-state index in [1.807, 2.05) is 6.92 Å². The average Bonchev–Trinajstić information content (AvgIpc) is 2.44. The molecule has 1 aromatic rings. The molecule has 1 rings (SSSR count). The molecular weight excluding hydrogens is 262 g/mol. The average molecular weight is 281 g/mol. The van der Waals surface area contributed by atoms with Gasteiger partial charge < -0.3 is 15.0 Å². The molecule has 1 N–H and O–H groups in total. The van der Waals surface area contributed by atoms with Crippen LogP contribution in [0.1, 0.15) is 13.8 Å². The molecule has 0 fully saturated rings. The number of methoxy groups -OCH3 is 1. The van der Waals surface area contributed by atoms with Crippen LogP contribution in [-0.4, -0.2) is 42.5 Å². The molecule has 0 bridgehead atoms. The maximum Gasteiger partial charge on any atom is 0.333 e. The van der Waals surface area contributed by atoms with Crippen LogP contribution in [0, 0.1) is 10.1 Å². The van der Waals surface area contributed by atoms with E-state index in [1.165, 1.54) is 13.2 Å². The first-order valence-corrected chi connectivity index (χ1v) is 6.25. The smallest absolute Gasteiger partial charge is 0.333 e. The highest BCUT2D eigenvalue weighted by molar-refractivity contribution is 5.85. The van der Waals surface area contributed by atoms with Gasteiger partial charge in [0.15, 0.2) is 5.75 Å². The van der Waals surface area contributed by atoms with Gasteiger partial charge in [-0.2, -0.15) is 0 Å². The number of amides is 1. The first-order valence-electron chi connectivity index (χ1n) is 6.25. The van der Waals surface area contributed by atoms with Crippen LogP contribution in [0.2, 0.25) is 0 Å². The van der Waals surface area contributed by atoms with Crippen LogP contribution in [0.5, 0.6) is 5.75 Å². The Kier molecular flexibility index (Phi) is 5.31. The second-order valence-corrected chi connectivity index (χ2v) is 4.33. The standard InChI is InChI=1S/C13H19N3O4/c1-5-15(3)13(17)9(2)14-10-7-6-8-11(20-4)12(10)16(18)19/h6-9,14H,5H2,1-4H3. The largest absolute Gasteiger partial charge is 0.490 e. The van der Waals surface area contributed by atoms with Gasteiger partial charge in [-0.25, -0.2) is 0 Å². The summed E-state index contributed by atoms with van der Waals surface area (Å²) in [5.41, 5.74) is 0.0912. The van der Waals surface area contributed by atoms with E-state index in [1.54, 1.807) is 31.0 Å². The minimum atomic E-state index is -0.564. The highest BCUT2D eigenvalue weighted by Gasteiger charge is 2.24. The molecule has 110 valence electrons. The normalized spacial score (nSPS) is 11.6. The molecule has 7 nitrogen and oxygen atoms in total. The third-order valence-electron chi connectivity index (χ3n) is 2.99. The number of carbonyl (C=O) groups excluding carboxylic acids is 1. The van der Waals surface area contributed by atoms with E-state index < -0.39 is 11.0 Å². The SMILES string of the molecule is CCN(C)C(=O)C(C)Nc1cccc(OC)c1[N+](=O)[O-]. The van der Waals surface area contributed by atoms with E-state index >= 15 is 0 Å². The lowest BCUT2D eigenvalue weighted by atomic mass is 10.2. The van der Waals surface area contributed by atoms with Crippen molar-refractivity contribution in [2.75, 3.05) is 26.0 Å². The third kappa shape index (κ3) is 3.37. The van der Waals surface area contributed by atoms with E-state index in [-0.39, 0.29) is 23.0 Å². The number of nitrogens with one attached hydrogen (secondary N) is 1. The third-order valence-corrected chi connectivity index (χ3v) is 2.99. The number of hydrogen-bond donors (Lipinski definition) is 1. The highest BCUT2D eigenvalue weighted by Crippen LogP contribution is 2.34. The van der Waals surface area contributed by atoms with E-state index in [2.05, 4.69) is 5.32 Å². The van der Waals surface area contributed by atoms with Crippen LogP contribution in [0.25, 0.3) is 0 Å². The molecule has 7 heteroatoms. The van der Waals surface area contributed by atoms with Gasteiger partial charge >= 0.3 is 5.69 Å². The maximum atomic E-state index is 12.0. The van der Waals surface area contributed by atoms with Gasteiger partial charge in [0.05, 0.1) is 12.0 Å². The summed E-state index contributed by atoms with van der Waals surface area (Å²) < 4.78 is 4.98. The maximum absolute atomic E-state index is 12.0. The van der Waals surface area contributed by atoms with E-state index in [0.29, 0.717) is 6.54 Å². The molecule has 1 amide bonds. The number of rotatable bonds is 6. The first kappa shape index (κ1) is 15.7. The van der Waals surface area contributed by atoms with Gasteiger partial charge in [0.25, 0.3) is 0 Å². The number of carbonyl (C=O) groups is 1. The Morgan fingerprint density at radius 1 is 1.55 bits per heavy atom. The molecular formula is C13H19N3O4. The van der Waals surface area contributed by atoms with Gasteiger partial charge in [0.2, 0.25) is 5.91 Å². The molecule has 0 spiro atoms. The number of nitrogens with zero attached hydrogens (tertiary/aromatic N) is 2. The molecule has 0 saturated carbocycles. The molecule has 0 aliphatic rings. The number of likely N-dealkylation sites (N-methyl/N-ethyl adjacent to an activating group) is 1. The van der Waals surface area contributed by atoms with Crippen molar-refractivity contribution in [2.24, 2.45) is 0 Å². The Bertz CT molecular complexity index is 504. The van der Waals surface area contributed by atoms with Crippen LogP contribution in [0.3, 0.4) is 0 Å². The summed E-state index contributed by atoms with van der Waals surface area (Å²) in [6, 6.07) is 4.13. The van der Waals surface area contributed by atoms with Crippen LogP contribution >= 0.6 is 0 Å². The zero-order valence-corrected chi connectivity index (χ0v) is 12.0. The van der Waals surface area contributed by atoms with Crippen molar-refractivity contribution in [1.29, 1.82) is 0 Å². The summed E-state index contributed by atoms with van der Waals surface area (Å²) in [7, 11) is 3.05. The molecule has 1 atom stereocenters. The molecule has 1 unspecified atom stereocenters. The zero-order chi connectivity index (χ0) is 15.3. The summed E-state index contributed by atoms with van der Waals surface area (Å²) in [5.74, 6) is 0.0214. The highest BCUT2D eigenvalue weighted by atomic mass is 16.6. The summed E-state index contributed by atoms with van der Waals surface area (Å²) in [6.45, 7) is 4.10. The first-order chi connectivity index (χ1) is 9.42. The zero-order valence-electron chi connectivity index (χ0n) is 12.0. The monoisotopic (exact) mass is 281 g/mol. The van der Waals surface area contributed by atoms with Crippen molar-refractivity contribution in [3.8, 4) is 5.75 Å². The fourth-order valence-electron chi connectivity index (χ4n) is 1.77. The Hall–Kier alpha value is -2.31. The quantitative estimate of drug-likeness (QED) is 0.635. The Morgan fingerprint density at radius 2 is 2.20 bits per heavy atom. The topological polar surface area (TPSA) is 84.7 Å². The molecule has 20 heavy (non-hydrogen) atoms. The number of ether oxygens (including phenoxy) is 1. The molecule has 0 radical (unpaired) electrons. The van der Waals surface area contributed by atoms with Crippen molar-refractivity contribution in [3.63, 3.8) is 0 Å². The van der Waals surface area contributed by atoms with Gasteiger partial charge in [-0.3, -0.25) is 14.9 Å². The van der Waals surface area contributed by atoms with Crippen LogP contribution in [0.15, 0.2) is 18.2 Å². The van der Waals surface area contributed by atoms with Crippen LogP contribution in [0.4, 0.5) is 11.4 Å². The fraction of sp³-hybridized carbons (Fsp3) is 0.462. The Morgan fingerprint density at radius 3 is 2.70 bits per heavy atom. The predicted molar refractivity (Wildman–Crippen MR) is 76.0 cm³/mol. The number of para-hydroxylation sites is 1. The Labute approximate surface area is 117 Å². The molecule has 0 heterocycles. The van der Waals surface area contributed by atoms with Crippen molar-refractivity contribution >= 4 is 17.3 Å². The number of nitro benzene ring substituents is 1. The van der Waals surface area contributed by atoms with Crippen molar-refractivity contribution in [1.82, 2.24) is 4.90 Å². The van der Waals surface area contributed by atoms with Crippen LogP contribution < -0.4 is 10.1 Å². The summed E-state index contributed by atoms with van der Waals surface area (Å²) in [4.78, 5) is 24.1. The van der Waals surface area contributed by atoms with Gasteiger partial charge in [-0.05, 0) is 26.0 Å². The van der Waals surface area contributed by atoms with Crippen molar-refractivity contribution < 1.29 is 14.5 Å². The second-order valence-electron chi connectivity index (χ2n) is 4.33. The minimum Gasteiger partial charge on any atom is -0.490 e. The van der Waals surface area contributed by atoms with Crippen LogP contribution in [-0.2, 0) is 4.79 Å². The lowest BCUT2D eigenvalue weighted by Crippen LogP contribution is -2.38. The van der Waals surface area contributed by atoms with E-state index in [4.69, 9.17) is 4.74 Å². The lowest BCUT2D eigenvalue weighted by molar-refractivity contribution is -0.384. The van der Waals surface area contributed by atoms with Gasteiger partial charge in [0.1, 0.15) is 11.7 Å². The molecule has 0 aliphatic carbocycles. The van der Waals surface area contributed by atoms with E-state index in [0.717, 1.165) is 0 Å². The van der Waals surface area contributed by atoms with Gasteiger partial charge in [-0.1, -0.05) is 6.07 Å². The minimum absolute atomic E-state index is 0.135. The number of anilines is 1. The van der Waals surface area contributed by atoms with E-state index in [9.17, 15) is 14.9 Å². The molecule has 0 aliphatic heterocycles. The summed E-state index contributed by atoms with van der Waals surface area (Å²) >= 11 is 0. The Balaban J connectivity index is 3.03. The lowest BCUT2D eigenvalue weighted by Gasteiger charge is -2.21. The molecule has 1 aromatic carbocycles. The number of nitro groups is 1. The van der Waals surface area contributed by atoms with Crippen molar-refractivity contribution in [2.45, 2.75) is 19.9 Å². The van der Waals surface area contributed by atoms with Gasteiger partial charge in [-0.15, -0.1) is 0 Å². The summed E-state index contributed by atoms with van der Waals surface area (Å²) in [6.07, 6.45) is 0. The number of hydrogen-bond acceptors (Lipinski definition) is 5. The van der Waals surface area contributed by atoms with Crippen molar-refractivity contribution in [3.05, 3.63) is 28.3 Å². The summed E-state index contributed by atoms with van der Waals surface area (Å²) in [5, 5.41) is 14.0. The molecule has 0 saturated heterocycles. The second kappa shape index (κ2) is 6.74. The van der Waals surface area contributed by atoms with Gasteiger partial charge in [0, 0.05) is 13.6 Å². The predicted octanol–water partition coefficient (Wildman–Crippen LogP) is 1.88.